The van der Waals surface area contributed by atoms with Crippen LogP contribution in [0.25, 0.3) is 0 Å². The van der Waals surface area contributed by atoms with Gasteiger partial charge in [0.2, 0.25) is 5.91 Å². The second-order valence-corrected chi connectivity index (χ2v) is 11.3. The van der Waals surface area contributed by atoms with E-state index in [1.54, 1.807) is 35.1 Å². The summed E-state index contributed by atoms with van der Waals surface area (Å²) in [5.74, 6) is 1.57. The summed E-state index contributed by atoms with van der Waals surface area (Å²) in [6.07, 6.45) is 0.0462. The molecule has 4 rings (SSSR count). The largest absolute Gasteiger partial charge is 0.497 e. The monoisotopic (exact) mass is 624 g/mol. The number of halogens is 2. The van der Waals surface area contributed by atoms with Gasteiger partial charge in [-0.25, -0.2) is 4.79 Å². The van der Waals surface area contributed by atoms with E-state index in [9.17, 15) is 9.59 Å². The van der Waals surface area contributed by atoms with Gasteiger partial charge in [0, 0.05) is 42.2 Å². The molecule has 10 heteroatoms. The number of amides is 3. The molecule has 0 saturated carbocycles. The van der Waals surface area contributed by atoms with Gasteiger partial charge in [0.15, 0.2) is 0 Å². The highest BCUT2D eigenvalue weighted by Crippen LogP contribution is 2.45. The predicted octanol–water partition coefficient (Wildman–Crippen LogP) is 7.30. The third-order valence-corrected chi connectivity index (χ3v) is 7.74. The molecule has 0 radical (unpaired) electrons. The molecule has 1 aliphatic heterocycles. The topological polar surface area (TPSA) is 83.5 Å². The summed E-state index contributed by atoms with van der Waals surface area (Å²) < 4.78 is 11.7. The van der Waals surface area contributed by atoms with Crippen molar-refractivity contribution >= 4 is 41.0 Å². The molecule has 228 valence electrons. The van der Waals surface area contributed by atoms with Crippen LogP contribution in [0, 0.1) is 0 Å². The highest BCUT2D eigenvalue weighted by Gasteiger charge is 2.43. The standard InChI is InChI=1S/C33H38Cl2N4O4/c1-6-38(7-2)29(40)18-19-36-33(41)39-31(23-10-14-25(35)15-11-23)30(22-8-12-24(34)13-9-22)37-32(39)27-17-16-26(42-5)20-28(27)43-21(3)4/h8-17,20-21,30-31H,6-7,18-19H2,1-5H3,(H,36,41)/t30-,31+/m1/s1. The summed E-state index contributed by atoms with van der Waals surface area (Å²) in [4.78, 5) is 35.4. The number of hydrogen-bond acceptors (Lipinski definition) is 5. The number of methoxy groups -OCH3 is 1. The van der Waals surface area contributed by atoms with E-state index in [1.165, 1.54) is 0 Å². The second-order valence-electron chi connectivity index (χ2n) is 10.4. The van der Waals surface area contributed by atoms with Crippen LogP contribution in [-0.4, -0.2) is 60.4 Å². The average molecular weight is 626 g/mol. The number of carbonyl (C=O) groups excluding carboxylic acids is 2. The lowest BCUT2D eigenvalue weighted by atomic mass is 9.94. The van der Waals surface area contributed by atoms with Gasteiger partial charge in [-0.05, 0) is 75.2 Å². The number of rotatable bonds is 11. The molecule has 3 aromatic rings. The van der Waals surface area contributed by atoms with Crippen LogP contribution in [-0.2, 0) is 4.79 Å². The van der Waals surface area contributed by atoms with Crippen LogP contribution in [0.4, 0.5) is 4.79 Å². The molecule has 1 N–H and O–H groups in total. The number of amidine groups is 1. The van der Waals surface area contributed by atoms with Crippen molar-refractivity contribution in [2.45, 2.75) is 52.3 Å². The van der Waals surface area contributed by atoms with Crippen molar-refractivity contribution < 1.29 is 19.1 Å². The fraction of sp³-hybridized carbons (Fsp3) is 0.364. The zero-order valence-corrected chi connectivity index (χ0v) is 26.7. The van der Waals surface area contributed by atoms with Gasteiger partial charge in [-0.15, -0.1) is 0 Å². The number of nitrogens with zero attached hydrogens (tertiary/aromatic N) is 3. The van der Waals surface area contributed by atoms with Crippen LogP contribution in [0.5, 0.6) is 11.5 Å². The van der Waals surface area contributed by atoms with Gasteiger partial charge >= 0.3 is 6.03 Å². The lowest BCUT2D eigenvalue weighted by Crippen LogP contribution is -2.45. The Kier molecular flexibility index (Phi) is 10.9. The minimum atomic E-state index is -0.527. The summed E-state index contributed by atoms with van der Waals surface area (Å²) in [5.41, 5.74) is 2.37. The van der Waals surface area contributed by atoms with Crippen molar-refractivity contribution in [3.8, 4) is 11.5 Å². The molecule has 0 saturated heterocycles. The molecule has 3 aromatic carbocycles. The lowest BCUT2D eigenvalue weighted by Gasteiger charge is -2.30. The van der Waals surface area contributed by atoms with E-state index < -0.39 is 12.1 Å². The molecule has 0 aromatic heterocycles. The number of hydrogen-bond donors (Lipinski definition) is 1. The highest BCUT2D eigenvalue weighted by atomic mass is 35.5. The fourth-order valence-corrected chi connectivity index (χ4v) is 5.38. The summed E-state index contributed by atoms with van der Waals surface area (Å²) in [7, 11) is 1.59. The van der Waals surface area contributed by atoms with Crippen LogP contribution in [0.15, 0.2) is 71.7 Å². The Bertz CT molecular complexity index is 1440. The molecular formula is C33H38Cl2N4O4. The summed E-state index contributed by atoms with van der Waals surface area (Å²) in [6, 6.07) is 18.9. The Morgan fingerprint density at radius 2 is 1.56 bits per heavy atom. The minimum absolute atomic E-state index is 0.0170. The van der Waals surface area contributed by atoms with E-state index in [2.05, 4.69) is 5.32 Å². The number of aliphatic imine (C=N–C) groups is 1. The minimum Gasteiger partial charge on any atom is -0.497 e. The van der Waals surface area contributed by atoms with E-state index in [1.807, 2.05) is 76.2 Å². The van der Waals surface area contributed by atoms with Crippen molar-refractivity contribution in [2.75, 3.05) is 26.7 Å². The maximum Gasteiger partial charge on any atom is 0.323 e. The van der Waals surface area contributed by atoms with E-state index in [0.717, 1.165) is 11.1 Å². The molecule has 3 amide bonds. The number of ether oxygens (including phenoxy) is 2. The van der Waals surface area contributed by atoms with Gasteiger partial charge in [0.25, 0.3) is 0 Å². The van der Waals surface area contributed by atoms with Crippen LogP contribution < -0.4 is 14.8 Å². The lowest BCUT2D eigenvalue weighted by molar-refractivity contribution is -0.130. The Balaban J connectivity index is 1.82. The molecule has 1 heterocycles. The molecule has 0 aliphatic carbocycles. The van der Waals surface area contributed by atoms with E-state index >= 15 is 0 Å². The van der Waals surface area contributed by atoms with Crippen molar-refractivity contribution in [3.63, 3.8) is 0 Å². The highest BCUT2D eigenvalue weighted by molar-refractivity contribution is 6.30. The van der Waals surface area contributed by atoms with Gasteiger partial charge in [-0.2, -0.15) is 0 Å². The number of carbonyl (C=O) groups is 2. The molecule has 43 heavy (non-hydrogen) atoms. The Labute approximate surface area is 263 Å². The molecule has 0 spiro atoms. The third kappa shape index (κ3) is 7.61. The molecule has 0 fully saturated rings. The first-order chi connectivity index (χ1) is 20.7. The van der Waals surface area contributed by atoms with Gasteiger partial charge in [-0.1, -0.05) is 47.5 Å². The molecule has 1 aliphatic rings. The maximum absolute atomic E-state index is 14.2. The van der Waals surface area contributed by atoms with E-state index in [0.29, 0.717) is 46.0 Å². The van der Waals surface area contributed by atoms with Crippen molar-refractivity contribution in [1.82, 2.24) is 15.1 Å². The second kappa shape index (κ2) is 14.6. The zero-order valence-electron chi connectivity index (χ0n) is 25.1. The van der Waals surface area contributed by atoms with Crippen LogP contribution >= 0.6 is 23.2 Å². The van der Waals surface area contributed by atoms with E-state index in [-0.39, 0.29) is 31.0 Å². The molecule has 0 unspecified atom stereocenters. The first kappa shape index (κ1) is 32.2. The van der Waals surface area contributed by atoms with Gasteiger partial charge in [-0.3, -0.25) is 14.7 Å². The molecule has 2 atom stereocenters. The van der Waals surface area contributed by atoms with Crippen molar-refractivity contribution in [2.24, 2.45) is 4.99 Å². The van der Waals surface area contributed by atoms with Gasteiger partial charge < -0.3 is 19.7 Å². The van der Waals surface area contributed by atoms with Gasteiger partial charge in [0.1, 0.15) is 23.4 Å². The Morgan fingerprint density at radius 1 is 0.953 bits per heavy atom. The molecular weight excluding hydrogens is 587 g/mol. The number of nitrogens with one attached hydrogen (secondary N) is 1. The van der Waals surface area contributed by atoms with Crippen LogP contribution in [0.3, 0.4) is 0 Å². The normalized spacial score (nSPS) is 16.2. The van der Waals surface area contributed by atoms with E-state index in [4.69, 9.17) is 37.7 Å². The summed E-state index contributed by atoms with van der Waals surface area (Å²) in [5, 5.41) is 4.16. The smallest absolute Gasteiger partial charge is 0.323 e. The summed E-state index contributed by atoms with van der Waals surface area (Å²) >= 11 is 12.5. The number of benzene rings is 3. The van der Waals surface area contributed by atoms with Gasteiger partial charge in [0.05, 0.1) is 24.8 Å². The first-order valence-corrected chi connectivity index (χ1v) is 15.2. The zero-order chi connectivity index (χ0) is 31.1. The maximum atomic E-state index is 14.2. The molecule has 8 nitrogen and oxygen atoms in total. The third-order valence-electron chi connectivity index (χ3n) is 7.23. The fourth-order valence-electron chi connectivity index (χ4n) is 5.13. The Morgan fingerprint density at radius 3 is 2.12 bits per heavy atom. The summed E-state index contributed by atoms with van der Waals surface area (Å²) in [6.45, 7) is 9.15. The average Bonchev–Trinajstić information content (AvgIpc) is 3.38. The van der Waals surface area contributed by atoms with Crippen LogP contribution in [0.2, 0.25) is 10.0 Å². The predicted molar refractivity (Wildman–Crippen MR) is 171 cm³/mol. The Hall–Kier alpha value is -3.75. The first-order valence-electron chi connectivity index (χ1n) is 14.4. The van der Waals surface area contributed by atoms with Crippen molar-refractivity contribution in [1.29, 1.82) is 0 Å². The SMILES string of the molecule is CCN(CC)C(=O)CCNC(=O)N1C(c2ccc(OC)cc2OC(C)C)=N[C@H](c2ccc(Cl)cc2)[C@@H]1c1ccc(Cl)cc1. The quantitative estimate of drug-likeness (QED) is 0.242. The van der Waals surface area contributed by atoms with Crippen LogP contribution in [0.1, 0.15) is 62.9 Å². The van der Waals surface area contributed by atoms with Crippen molar-refractivity contribution in [3.05, 3.63) is 93.5 Å². The number of urea groups is 1. The molecule has 0 bridgehead atoms.